The number of aryl methyl sites for hydroxylation is 1. The van der Waals surface area contributed by atoms with Gasteiger partial charge in [-0.15, -0.1) is 0 Å². The van der Waals surface area contributed by atoms with Crippen molar-refractivity contribution in [2.45, 2.75) is 38.5 Å². The number of ketones is 1. The minimum absolute atomic E-state index is 0.0305. The van der Waals surface area contributed by atoms with Gasteiger partial charge in [-0.25, -0.2) is 0 Å². The number of hydrogen-bond acceptors (Lipinski definition) is 4. The molecule has 6 heteroatoms. The summed E-state index contributed by atoms with van der Waals surface area (Å²) in [4.78, 5) is 38.4. The van der Waals surface area contributed by atoms with Crippen LogP contribution in [0.2, 0.25) is 0 Å². The smallest absolute Gasteiger partial charge is 0.269 e. The van der Waals surface area contributed by atoms with Gasteiger partial charge in [0.05, 0.1) is 4.92 Å². The molecule has 1 aliphatic carbocycles. The normalized spacial score (nSPS) is 19.6. The summed E-state index contributed by atoms with van der Waals surface area (Å²) in [6.45, 7) is 1.96. The number of hydrogen-bond donors (Lipinski definition) is 0. The van der Waals surface area contributed by atoms with Crippen molar-refractivity contribution in [2.75, 3.05) is 4.90 Å². The quantitative estimate of drug-likeness (QED) is 0.586. The number of non-ortho nitro benzene ring substituents is 1. The van der Waals surface area contributed by atoms with Crippen LogP contribution in [-0.2, 0) is 9.59 Å². The molecule has 2 aromatic rings. The average Bonchev–Trinajstić information content (AvgIpc) is 2.67. The van der Waals surface area contributed by atoms with Crippen molar-refractivity contribution < 1.29 is 14.5 Å². The molecule has 0 saturated carbocycles. The first kappa shape index (κ1) is 18.1. The fourth-order valence-electron chi connectivity index (χ4n) is 4.20. The Labute approximate surface area is 162 Å². The summed E-state index contributed by atoms with van der Waals surface area (Å²) in [5.74, 6) is -0.491. The van der Waals surface area contributed by atoms with Crippen LogP contribution in [0.1, 0.15) is 42.7 Å². The van der Waals surface area contributed by atoms with E-state index < -0.39 is 10.8 Å². The summed E-state index contributed by atoms with van der Waals surface area (Å²) in [6, 6.07) is 14.0. The molecule has 1 aliphatic heterocycles. The van der Waals surface area contributed by atoms with Crippen molar-refractivity contribution in [1.29, 1.82) is 0 Å². The molecule has 2 aromatic carbocycles. The van der Waals surface area contributed by atoms with Crippen LogP contribution in [0.5, 0.6) is 0 Å². The monoisotopic (exact) mass is 376 g/mol. The standard InChI is InChI=1S/C22H20N2O4/c1-14-5-2-7-16(11-14)23-19-9-4-10-20(25)22(19)18(13-21(23)26)15-6-3-8-17(12-15)24(27)28/h2-3,5-8,11-12,18H,4,9-10,13H2,1H3. The van der Waals surface area contributed by atoms with Crippen LogP contribution in [-0.4, -0.2) is 16.6 Å². The Hall–Kier alpha value is -3.28. The molecule has 0 bridgehead atoms. The highest BCUT2D eigenvalue weighted by atomic mass is 16.6. The molecule has 28 heavy (non-hydrogen) atoms. The van der Waals surface area contributed by atoms with Crippen LogP contribution in [0.4, 0.5) is 11.4 Å². The van der Waals surface area contributed by atoms with Crippen LogP contribution in [0.25, 0.3) is 0 Å². The second-order valence-corrected chi connectivity index (χ2v) is 7.31. The summed E-state index contributed by atoms with van der Waals surface area (Å²) in [5, 5.41) is 11.2. The Morgan fingerprint density at radius 3 is 2.61 bits per heavy atom. The van der Waals surface area contributed by atoms with Gasteiger partial charge < -0.3 is 0 Å². The number of amides is 1. The van der Waals surface area contributed by atoms with Crippen molar-refractivity contribution in [2.24, 2.45) is 0 Å². The fraction of sp³-hybridized carbons (Fsp3) is 0.273. The van der Waals surface area contributed by atoms with Gasteiger partial charge in [0.15, 0.2) is 5.78 Å². The predicted octanol–water partition coefficient (Wildman–Crippen LogP) is 4.43. The van der Waals surface area contributed by atoms with E-state index in [0.29, 0.717) is 30.4 Å². The van der Waals surface area contributed by atoms with E-state index in [1.54, 1.807) is 17.0 Å². The highest BCUT2D eigenvalue weighted by molar-refractivity contribution is 6.07. The Bertz CT molecular complexity index is 1020. The molecule has 0 aromatic heterocycles. The SMILES string of the molecule is Cc1cccc(N2C(=O)CC(c3cccc([N+](=O)[O-])c3)C3=C2CCCC3=O)c1. The number of nitro groups is 1. The number of nitrogens with zero attached hydrogens (tertiary/aromatic N) is 2. The van der Waals surface area contributed by atoms with Crippen molar-refractivity contribution in [3.8, 4) is 0 Å². The maximum Gasteiger partial charge on any atom is 0.269 e. The predicted molar refractivity (Wildman–Crippen MR) is 105 cm³/mol. The lowest BCUT2D eigenvalue weighted by molar-refractivity contribution is -0.384. The van der Waals surface area contributed by atoms with Gasteiger partial charge >= 0.3 is 0 Å². The number of allylic oxidation sites excluding steroid dienone is 2. The van der Waals surface area contributed by atoms with E-state index in [2.05, 4.69) is 0 Å². The zero-order valence-electron chi connectivity index (χ0n) is 15.6. The Balaban J connectivity index is 1.86. The number of Topliss-reactive ketones (excluding diaryl/α,β-unsaturated/α-hetero) is 1. The van der Waals surface area contributed by atoms with Gasteiger partial charge in [0, 0.05) is 47.8 Å². The highest BCUT2D eigenvalue weighted by Crippen LogP contribution is 2.43. The lowest BCUT2D eigenvalue weighted by Crippen LogP contribution is -2.40. The van der Waals surface area contributed by atoms with E-state index in [1.165, 1.54) is 12.1 Å². The highest BCUT2D eigenvalue weighted by Gasteiger charge is 2.40. The molecule has 2 aliphatic rings. The van der Waals surface area contributed by atoms with Crippen molar-refractivity contribution in [1.82, 2.24) is 0 Å². The molecular weight excluding hydrogens is 356 g/mol. The van der Waals surface area contributed by atoms with Crippen LogP contribution < -0.4 is 4.90 Å². The maximum absolute atomic E-state index is 13.1. The van der Waals surface area contributed by atoms with Crippen LogP contribution >= 0.6 is 0 Å². The molecule has 142 valence electrons. The number of rotatable bonds is 3. The van der Waals surface area contributed by atoms with Crippen molar-refractivity contribution in [3.63, 3.8) is 0 Å². The molecule has 1 unspecified atom stereocenters. The van der Waals surface area contributed by atoms with Gasteiger partial charge in [0.25, 0.3) is 5.69 Å². The molecule has 0 fully saturated rings. The van der Waals surface area contributed by atoms with Gasteiger partial charge in [-0.1, -0.05) is 24.3 Å². The zero-order valence-corrected chi connectivity index (χ0v) is 15.6. The molecule has 1 atom stereocenters. The van der Waals surface area contributed by atoms with Crippen LogP contribution in [0.15, 0.2) is 59.8 Å². The molecule has 1 amide bonds. The Morgan fingerprint density at radius 2 is 1.86 bits per heavy atom. The maximum atomic E-state index is 13.1. The number of benzene rings is 2. The van der Waals surface area contributed by atoms with Crippen LogP contribution in [0.3, 0.4) is 0 Å². The minimum atomic E-state index is -0.453. The summed E-state index contributed by atoms with van der Waals surface area (Å²) < 4.78 is 0. The summed E-state index contributed by atoms with van der Waals surface area (Å²) in [6.07, 6.45) is 1.92. The molecule has 0 radical (unpaired) electrons. The average molecular weight is 376 g/mol. The first-order valence-electron chi connectivity index (χ1n) is 9.36. The largest absolute Gasteiger partial charge is 0.294 e. The van der Waals surface area contributed by atoms with Crippen molar-refractivity contribution >= 4 is 23.1 Å². The minimum Gasteiger partial charge on any atom is -0.294 e. The summed E-state index contributed by atoms with van der Waals surface area (Å²) in [5.41, 5.74) is 3.80. The number of carbonyl (C=O) groups excluding carboxylic acids is 2. The van der Waals surface area contributed by atoms with E-state index in [9.17, 15) is 19.7 Å². The van der Waals surface area contributed by atoms with E-state index >= 15 is 0 Å². The van der Waals surface area contributed by atoms with E-state index in [4.69, 9.17) is 0 Å². The Morgan fingerprint density at radius 1 is 1.07 bits per heavy atom. The topological polar surface area (TPSA) is 80.5 Å². The van der Waals surface area contributed by atoms with Gasteiger partial charge in [0.1, 0.15) is 0 Å². The number of carbonyl (C=O) groups is 2. The van der Waals surface area contributed by atoms with Gasteiger partial charge in [0.2, 0.25) is 5.91 Å². The van der Waals surface area contributed by atoms with Crippen molar-refractivity contribution in [3.05, 3.63) is 81.0 Å². The second-order valence-electron chi connectivity index (χ2n) is 7.31. The molecule has 4 rings (SSSR count). The molecule has 0 spiro atoms. The number of anilines is 1. The second kappa shape index (κ2) is 7.03. The summed E-state index contributed by atoms with van der Waals surface area (Å²) in [7, 11) is 0. The lowest BCUT2D eigenvalue weighted by Gasteiger charge is -2.38. The third-order valence-electron chi connectivity index (χ3n) is 5.42. The number of nitro benzene ring substituents is 1. The van der Waals surface area contributed by atoms with E-state index in [0.717, 1.165) is 16.9 Å². The van der Waals surface area contributed by atoms with Gasteiger partial charge in [-0.05, 0) is 43.0 Å². The van der Waals surface area contributed by atoms with Gasteiger partial charge in [-0.3, -0.25) is 24.6 Å². The molecular formula is C22H20N2O4. The van der Waals surface area contributed by atoms with E-state index in [1.807, 2.05) is 31.2 Å². The zero-order chi connectivity index (χ0) is 19.8. The molecule has 1 heterocycles. The lowest BCUT2D eigenvalue weighted by atomic mass is 9.77. The third kappa shape index (κ3) is 3.11. The van der Waals surface area contributed by atoms with Gasteiger partial charge in [-0.2, -0.15) is 0 Å². The Kier molecular flexibility index (Phi) is 4.55. The molecule has 0 saturated heterocycles. The molecule has 6 nitrogen and oxygen atoms in total. The first-order chi connectivity index (χ1) is 13.5. The van der Waals surface area contributed by atoms with E-state index in [-0.39, 0.29) is 23.8 Å². The van der Waals surface area contributed by atoms with Crippen LogP contribution in [0, 0.1) is 17.0 Å². The first-order valence-corrected chi connectivity index (χ1v) is 9.36. The molecule has 0 N–H and O–H groups in total. The third-order valence-corrected chi connectivity index (χ3v) is 5.42. The fourth-order valence-corrected chi connectivity index (χ4v) is 4.20. The summed E-state index contributed by atoms with van der Waals surface area (Å²) >= 11 is 0.